The number of hydrogen-bond acceptors (Lipinski definition) is 18. The number of carbonyl (C=O) groups is 5. The van der Waals surface area contributed by atoms with E-state index in [1.165, 1.54) is 161 Å². The monoisotopic (exact) mass is 1530 g/mol. The molecule has 0 aromatic rings. The van der Waals surface area contributed by atoms with Gasteiger partial charge in [-0.05, 0) is 106 Å². The van der Waals surface area contributed by atoms with Crippen LogP contribution in [0.2, 0.25) is 0 Å². The van der Waals surface area contributed by atoms with E-state index in [-0.39, 0.29) is 35.4 Å². The van der Waals surface area contributed by atoms with E-state index in [0.717, 1.165) is 150 Å². The average Bonchev–Trinajstić information content (AvgIpc) is 1.71. The molecular formula is C89H168O18. The van der Waals surface area contributed by atoms with Gasteiger partial charge in [-0.15, -0.1) is 0 Å². The Balaban J connectivity index is -0.000000366. The Morgan fingerprint density at radius 1 is 0.318 bits per heavy atom. The van der Waals surface area contributed by atoms with Gasteiger partial charge >= 0.3 is 29.8 Å². The predicted octanol–water partition coefficient (Wildman–Crippen LogP) is 22.5. The van der Waals surface area contributed by atoms with E-state index < -0.39 is 0 Å². The molecular weight excluding hydrogens is 1360 g/mol. The molecule has 0 aliphatic carbocycles. The quantitative estimate of drug-likeness (QED) is 0.0182. The van der Waals surface area contributed by atoms with Gasteiger partial charge in [0.2, 0.25) is 0 Å². The summed E-state index contributed by atoms with van der Waals surface area (Å²) >= 11 is 0. The van der Waals surface area contributed by atoms with Crippen LogP contribution in [0.15, 0.2) is 60.8 Å². The molecule has 107 heavy (non-hydrogen) atoms. The van der Waals surface area contributed by atoms with Crippen LogP contribution in [0.4, 0.5) is 0 Å². The molecule has 0 spiro atoms. The van der Waals surface area contributed by atoms with Crippen molar-refractivity contribution in [2.24, 2.45) is 0 Å². The molecule has 0 amide bonds. The van der Waals surface area contributed by atoms with Crippen LogP contribution in [0.5, 0.6) is 0 Å². The maximum absolute atomic E-state index is 11.0. The normalized spacial score (nSPS) is 16.1. The van der Waals surface area contributed by atoms with Crippen molar-refractivity contribution in [2.45, 2.75) is 378 Å². The highest BCUT2D eigenvalue weighted by atomic mass is 16.6. The van der Waals surface area contributed by atoms with Gasteiger partial charge in [-0.25, -0.2) is 24.0 Å². The largest absolute Gasteiger partial charge is 0.462 e. The van der Waals surface area contributed by atoms with Crippen LogP contribution in [-0.2, 0) is 85.6 Å². The van der Waals surface area contributed by atoms with E-state index >= 15 is 0 Å². The van der Waals surface area contributed by atoms with Crippen molar-refractivity contribution in [3.8, 4) is 0 Å². The molecule has 4 aliphatic heterocycles. The summed E-state index contributed by atoms with van der Waals surface area (Å²) in [6, 6.07) is 0. The fourth-order valence-electron chi connectivity index (χ4n) is 8.66. The third-order valence-corrected chi connectivity index (χ3v) is 16.2. The molecule has 18 heteroatoms. The van der Waals surface area contributed by atoms with E-state index in [1.54, 1.807) is 34.6 Å². The van der Waals surface area contributed by atoms with Crippen molar-refractivity contribution in [3.63, 3.8) is 0 Å². The Hall–Kier alpha value is -4.27. The second-order valence-corrected chi connectivity index (χ2v) is 28.8. The van der Waals surface area contributed by atoms with Gasteiger partial charge in [-0.3, -0.25) is 0 Å². The predicted molar refractivity (Wildman–Crippen MR) is 442 cm³/mol. The van der Waals surface area contributed by atoms with E-state index in [4.69, 9.17) is 61.6 Å². The van der Waals surface area contributed by atoms with Crippen molar-refractivity contribution in [1.29, 1.82) is 0 Å². The summed E-state index contributed by atoms with van der Waals surface area (Å²) in [7, 11) is 0. The number of rotatable bonds is 59. The maximum Gasteiger partial charge on any atom is 0.333 e. The lowest BCUT2D eigenvalue weighted by molar-refractivity contribution is -0.139. The summed E-state index contributed by atoms with van der Waals surface area (Å²) < 4.78 is 66.5. The molecule has 4 saturated heterocycles. The smallest absolute Gasteiger partial charge is 0.333 e. The zero-order chi connectivity index (χ0) is 81.3. The highest BCUT2D eigenvalue weighted by molar-refractivity contribution is 5.88. The number of esters is 5. The van der Waals surface area contributed by atoms with E-state index in [9.17, 15) is 24.0 Å². The number of epoxide rings is 4. The topological polar surface area (TPSA) is 219 Å². The van der Waals surface area contributed by atoms with Gasteiger partial charge in [0.05, 0.1) is 85.4 Å². The first-order valence-electron chi connectivity index (χ1n) is 42.3. The molecule has 0 bridgehead atoms. The van der Waals surface area contributed by atoms with Gasteiger partial charge in [-0.2, -0.15) is 0 Å². The highest BCUT2D eigenvalue weighted by Gasteiger charge is 2.39. The molecule has 0 saturated carbocycles. The van der Waals surface area contributed by atoms with Crippen molar-refractivity contribution < 1.29 is 85.6 Å². The Bertz CT molecular complexity index is 2080. The summed E-state index contributed by atoms with van der Waals surface area (Å²) in [5.74, 6) is -1.36. The Morgan fingerprint density at radius 2 is 0.533 bits per heavy atom. The average molecular weight is 1530 g/mol. The van der Waals surface area contributed by atoms with Crippen LogP contribution in [0.3, 0.4) is 0 Å². The van der Waals surface area contributed by atoms with Gasteiger partial charge in [0.25, 0.3) is 0 Å². The van der Waals surface area contributed by atoms with Gasteiger partial charge in [0, 0.05) is 54.3 Å². The van der Waals surface area contributed by atoms with Crippen LogP contribution >= 0.6 is 0 Å². The molecule has 632 valence electrons. The SMILES string of the molecule is C=C(C)C(=O)OCCCC.C=C(C)C(=O)OCCCCC.C=C(C)C(=O)OCCCCCC.C=C(C)C(=O)OCCCCCCC.C=C(C)C(=O)OCCCCCCCCC.CCCCCCCCCOCC1(C)CO1.CCCCCCCOCC1CO1.CCCCCOCC1OC1C.CCCOCC1CO1. The first-order chi connectivity index (χ1) is 51.4. The fraction of sp³-hybridized carbons (Fsp3) is 0.831. The van der Waals surface area contributed by atoms with Gasteiger partial charge < -0.3 is 61.6 Å². The molecule has 5 atom stereocenters. The van der Waals surface area contributed by atoms with Crippen molar-refractivity contribution in [3.05, 3.63) is 60.8 Å². The van der Waals surface area contributed by atoms with Gasteiger partial charge in [0.15, 0.2) is 0 Å². The van der Waals surface area contributed by atoms with E-state index in [2.05, 4.69) is 109 Å². The summed E-state index contributed by atoms with van der Waals surface area (Å²) in [6.45, 7) is 61.6. The molecule has 4 heterocycles. The second kappa shape index (κ2) is 85.7. The van der Waals surface area contributed by atoms with E-state index in [1.807, 2.05) is 0 Å². The minimum atomic E-state index is -0.284. The Kier molecular flexibility index (Phi) is 89.2. The maximum atomic E-state index is 11.0. The van der Waals surface area contributed by atoms with Crippen LogP contribution in [0.1, 0.15) is 348 Å². The third-order valence-electron chi connectivity index (χ3n) is 16.2. The fourth-order valence-corrected chi connectivity index (χ4v) is 8.66. The third kappa shape index (κ3) is 97.8. The number of unbranched alkanes of at least 4 members (excludes halogenated alkanes) is 28. The lowest BCUT2D eigenvalue weighted by atomic mass is 10.1. The van der Waals surface area contributed by atoms with Crippen LogP contribution in [0, 0.1) is 0 Å². The molecule has 4 aliphatic rings. The van der Waals surface area contributed by atoms with E-state index in [0.29, 0.717) is 85.3 Å². The zero-order valence-electron chi connectivity index (χ0n) is 72.2. The summed E-state index contributed by atoms with van der Waals surface area (Å²) in [5.41, 5.74) is 2.45. The van der Waals surface area contributed by atoms with Crippen molar-refractivity contribution in [1.82, 2.24) is 0 Å². The molecule has 18 nitrogen and oxygen atoms in total. The zero-order valence-corrected chi connectivity index (χ0v) is 72.2. The molecule has 0 aromatic heterocycles. The number of hydrogen-bond donors (Lipinski definition) is 0. The van der Waals surface area contributed by atoms with Gasteiger partial charge in [-0.1, -0.05) is 275 Å². The number of ether oxygens (including phenoxy) is 13. The molecule has 4 fully saturated rings. The van der Waals surface area contributed by atoms with Crippen molar-refractivity contribution >= 4 is 29.8 Å². The van der Waals surface area contributed by atoms with Crippen LogP contribution in [-0.4, -0.2) is 166 Å². The van der Waals surface area contributed by atoms with Gasteiger partial charge in [0.1, 0.15) is 23.9 Å². The first kappa shape index (κ1) is 111. The summed E-state index contributed by atoms with van der Waals surface area (Å²) in [6.07, 6.45) is 46.8. The number of carbonyl (C=O) groups excluding carboxylic acids is 5. The van der Waals surface area contributed by atoms with Crippen molar-refractivity contribution in [2.75, 3.05) is 106 Å². The molecule has 0 aromatic carbocycles. The van der Waals surface area contributed by atoms with Crippen LogP contribution < -0.4 is 0 Å². The first-order valence-corrected chi connectivity index (χ1v) is 42.3. The van der Waals surface area contributed by atoms with Crippen LogP contribution in [0.25, 0.3) is 0 Å². The Morgan fingerprint density at radius 3 is 0.794 bits per heavy atom. The summed E-state index contributed by atoms with van der Waals surface area (Å²) in [4.78, 5) is 54.2. The minimum absolute atomic E-state index is 0.0706. The second-order valence-electron chi connectivity index (χ2n) is 28.8. The Labute approximate surface area is 657 Å². The highest BCUT2D eigenvalue weighted by Crippen LogP contribution is 2.26. The molecule has 0 N–H and O–H groups in total. The molecule has 0 radical (unpaired) electrons. The lowest BCUT2D eigenvalue weighted by Crippen LogP contribution is -2.14. The minimum Gasteiger partial charge on any atom is -0.462 e. The lowest BCUT2D eigenvalue weighted by Gasteiger charge is -2.06. The molecule has 5 unspecified atom stereocenters. The standard InChI is InChI=1S/C13H26O2.C13H24O2.C11H20O2.C10H20O2.C10H18O2.C9H18O2.C9H16O2.C8H14O2.C6H12O2/c1-3-4-5-6-7-8-9-10-14-11-13(2)12-15-13;1-4-5-6-7-8-9-10-11-15-13(14)12(2)3;1-4-5-6-7-8-9-13-11(12)10(2)3;1-2-3-4-5-6-7-11-8-10-9-12-10;1-4-5-6-7-8-12-10(11)9(2)3;1-3-4-5-6-10-7-9-8(2)11-9;1-4-5-6-7-11-9(10)8(2)3;1-4-5-6-10-8(9)7(2)3;1-2-3-7-4-6-5-8-6/h3-12H2,1-2H3;2,4-11H2,1,3H3;2,4-9H2,1,3H3;10H,2-9H2,1H3;2,4-8H2,1,3H3;8-9H,3-7H2,1-2H3;2,4-7H2,1,3H3;2,4-6H2,1,3H3;6H,2-5H2,1H3. The molecule has 4 rings (SSSR count). The summed E-state index contributed by atoms with van der Waals surface area (Å²) in [5, 5.41) is 0.